The van der Waals surface area contributed by atoms with E-state index in [9.17, 15) is 9.59 Å². The highest BCUT2D eigenvalue weighted by Crippen LogP contribution is 2.27. The SMILES string of the molecule is CCCN1CCN(C(=O)CN)C[C@H](Cc2ccccc2-c2ccc(C)cc2)C1=O. The predicted molar refractivity (Wildman–Crippen MR) is 116 cm³/mol. The number of carbonyl (C=O) groups is 2. The summed E-state index contributed by atoms with van der Waals surface area (Å²) in [5, 5.41) is 0. The van der Waals surface area contributed by atoms with Crippen molar-refractivity contribution in [3.05, 3.63) is 59.7 Å². The van der Waals surface area contributed by atoms with Gasteiger partial charge in [-0.2, -0.15) is 0 Å². The summed E-state index contributed by atoms with van der Waals surface area (Å²) >= 11 is 0. The second-order valence-electron chi connectivity index (χ2n) is 7.79. The lowest BCUT2D eigenvalue weighted by atomic mass is 9.91. The van der Waals surface area contributed by atoms with E-state index in [2.05, 4.69) is 50.2 Å². The van der Waals surface area contributed by atoms with Gasteiger partial charge in [-0.3, -0.25) is 9.59 Å². The van der Waals surface area contributed by atoms with Gasteiger partial charge in [0.15, 0.2) is 0 Å². The molecule has 0 unspecified atom stereocenters. The van der Waals surface area contributed by atoms with Gasteiger partial charge in [-0.25, -0.2) is 0 Å². The van der Waals surface area contributed by atoms with Gasteiger partial charge in [-0.1, -0.05) is 61.0 Å². The number of carbonyl (C=O) groups excluding carboxylic acids is 2. The minimum absolute atomic E-state index is 0.0192. The third kappa shape index (κ3) is 5.04. The Morgan fingerprint density at radius 2 is 1.83 bits per heavy atom. The molecule has 0 aliphatic carbocycles. The van der Waals surface area contributed by atoms with Gasteiger partial charge in [-0.05, 0) is 36.5 Å². The summed E-state index contributed by atoms with van der Waals surface area (Å²) in [5.74, 6) is -0.211. The fourth-order valence-corrected chi connectivity index (χ4v) is 4.02. The highest BCUT2D eigenvalue weighted by molar-refractivity contribution is 5.83. The molecule has 0 radical (unpaired) electrons. The normalized spacial score (nSPS) is 17.3. The summed E-state index contributed by atoms with van der Waals surface area (Å²) in [6, 6.07) is 16.7. The molecule has 0 bridgehead atoms. The molecule has 2 N–H and O–H groups in total. The van der Waals surface area contributed by atoms with Crippen LogP contribution in [0.4, 0.5) is 0 Å². The van der Waals surface area contributed by atoms with Crippen LogP contribution >= 0.6 is 0 Å². The van der Waals surface area contributed by atoms with Gasteiger partial charge in [-0.15, -0.1) is 0 Å². The number of rotatable bonds is 6. The molecule has 3 rings (SSSR count). The lowest BCUT2D eigenvalue weighted by Crippen LogP contribution is -2.40. The van der Waals surface area contributed by atoms with E-state index >= 15 is 0 Å². The summed E-state index contributed by atoms with van der Waals surface area (Å²) in [4.78, 5) is 29.2. The molecule has 5 heteroatoms. The Balaban J connectivity index is 1.90. The number of nitrogens with zero attached hydrogens (tertiary/aromatic N) is 2. The Labute approximate surface area is 173 Å². The second-order valence-corrected chi connectivity index (χ2v) is 7.79. The molecule has 1 fully saturated rings. The summed E-state index contributed by atoms with van der Waals surface area (Å²) in [6.07, 6.45) is 1.51. The lowest BCUT2D eigenvalue weighted by molar-refractivity contribution is -0.134. The second kappa shape index (κ2) is 9.70. The van der Waals surface area contributed by atoms with Crippen molar-refractivity contribution in [3.8, 4) is 11.1 Å². The van der Waals surface area contributed by atoms with E-state index in [1.54, 1.807) is 4.90 Å². The molecule has 0 aromatic heterocycles. The van der Waals surface area contributed by atoms with Crippen LogP contribution in [-0.4, -0.2) is 54.3 Å². The van der Waals surface area contributed by atoms with Gasteiger partial charge in [0.2, 0.25) is 11.8 Å². The quantitative estimate of drug-likeness (QED) is 0.821. The summed E-state index contributed by atoms with van der Waals surface area (Å²) in [5.41, 5.74) is 10.2. The Kier molecular flexibility index (Phi) is 7.04. The Morgan fingerprint density at radius 3 is 2.52 bits per heavy atom. The van der Waals surface area contributed by atoms with Crippen LogP contribution in [-0.2, 0) is 16.0 Å². The lowest BCUT2D eigenvalue weighted by Gasteiger charge is -2.24. The minimum atomic E-state index is -0.258. The highest BCUT2D eigenvalue weighted by atomic mass is 16.2. The van der Waals surface area contributed by atoms with Crippen molar-refractivity contribution in [2.75, 3.05) is 32.7 Å². The summed E-state index contributed by atoms with van der Waals surface area (Å²) in [6.45, 7) is 6.41. The van der Waals surface area contributed by atoms with Crippen molar-refractivity contribution in [1.29, 1.82) is 0 Å². The van der Waals surface area contributed by atoms with Gasteiger partial charge < -0.3 is 15.5 Å². The molecule has 1 atom stereocenters. The number of nitrogens with two attached hydrogens (primary N) is 1. The standard InChI is InChI=1S/C24H31N3O2/c1-3-12-26-13-14-27(23(28)16-25)17-21(24(26)29)15-20-6-4-5-7-22(20)19-10-8-18(2)9-11-19/h4-11,21H,3,12-17,25H2,1-2H3/t21-/m0/s1. The molecule has 1 aliphatic heterocycles. The number of hydrogen-bond acceptors (Lipinski definition) is 3. The third-order valence-electron chi connectivity index (χ3n) is 5.61. The average Bonchev–Trinajstić information content (AvgIpc) is 2.89. The maximum Gasteiger partial charge on any atom is 0.236 e. The number of aryl methyl sites for hydroxylation is 1. The zero-order valence-electron chi connectivity index (χ0n) is 17.4. The van der Waals surface area contributed by atoms with Gasteiger partial charge in [0.25, 0.3) is 0 Å². The molecular formula is C24H31N3O2. The van der Waals surface area contributed by atoms with Crippen LogP contribution in [0.3, 0.4) is 0 Å². The van der Waals surface area contributed by atoms with Crippen LogP contribution in [0.15, 0.2) is 48.5 Å². The molecule has 154 valence electrons. The molecule has 29 heavy (non-hydrogen) atoms. The molecule has 0 spiro atoms. The number of hydrogen-bond donors (Lipinski definition) is 1. The van der Waals surface area contributed by atoms with Crippen molar-refractivity contribution < 1.29 is 9.59 Å². The summed E-state index contributed by atoms with van der Waals surface area (Å²) in [7, 11) is 0. The third-order valence-corrected chi connectivity index (χ3v) is 5.61. The first-order valence-electron chi connectivity index (χ1n) is 10.4. The van der Waals surface area contributed by atoms with E-state index in [4.69, 9.17) is 5.73 Å². The van der Waals surface area contributed by atoms with Crippen molar-refractivity contribution in [3.63, 3.8) is 0 Å². The molecule has 2 amide bonds. The monoisotopic (exact) mass is 393 g/mol. The van der Waals surface area contributed by atoms with Crippen LogP contribution in [0.1, 0.15) is 24.5 Å². The van der Waals surface area contributed by atoms with E-state index in [1.807, 2.05) is 17.0 Å². The zero-order valence-corrected chi connectivity index (χ0v) is 17.4. The van der Waals surface area contributed by atoms with Crippen LogP contribution in [0, 0.1) is 12.8 Å². The van der Waals surface area contributed by atoms with E-state index in [1.165, 1.54) is 5.56 Å². The van der Waals surface area contributed by atoms with E-state index in [0.717, 1.165) is 29.7 Å². The molecule has 1 saturated heterocycles. The van der Waals surface area contributed by atoms with Crippen LogP contribution < -0.4 is 5.73 Å². The molecule has 5 nitrogen and oxygen atoms in total. The fourth-order valence-electron chi connectivity index (χ4n) is 4.02. The molecule has 0 saturated carbocycles. The first-order chi connectivity index (χ1) is 14.0. The smallest absolute Gasteiger partial charge is 0.236 e. The van der Waals surface area contributed by atoms with E-state index in [0.29, 0.717) is 26.1 Å². The Hall–Kier alpha value is -2.66. The van der Waals surface area contributed by atoms with E-state index < -0.39 is 0 Å². The fraction of sp³-hybridized carbons (Fsp3) is 0.417. The minimum Gasteiger partial charge on any atom is -0.341 e. The van der Waals surface area contributed by atoms with Crippen LogP contribution in [0.5, 0.6) is 0 Å². The average molecular weight is 394 g/mol. The van der Waals surface area contributed by atoms with Crippen molar-refractivity contribution in [1.82, 2.24) is 9.80 Å². The largest absolute Gasteiger partial charge is 0.341 e. The van der Waals surface area contributed by atoms with Gasteiger partial charge >= 0.3 is 0 Å². The van der Waals surface area contributed by atoms with Gasteiger partial charge in [0.1, 0.15) is 0 Å². The Bertz CT molecular complexity index is 847. The maximum atomic E-state index is 13.2. The predicted octanol–water partition coefficient (Wildman–Crippen LogP) is 2.86. The first kappa shape index (κ1) is 21.1. The first-order valence-corrected chi connectivity index (χ1v) is 10.4. The number of benzene rings is 2. The van der Waals surface area contributed by atoms with Crippen LogP contribution in [0.2, 0.25) is 0 Å². The molecule has 2 aromatic carbocycles. The maximum absolute atomic E-state index is 13.2. The topological polar surface area (TPSA) is 66.6 Å². The zero-order chi connectivity index (χ0) is 20.8. The van der Waals surface area contributed by atoms with Crippen molar-refractivity contribution in [2.45, 2.75) is 26.7 Å². The van der Waals surface area contributed by atoms with Crippen LogP contribution in [0.25, 0.3) is 11.1 Å². The van der Waals surface area contributed by atoms with E-state index in [-0.39, 0.29) is 24.3 Å². The van der Waals surface area contributed by atoms with Crippen molar-refractivity contribution >= 4 is 11.8 Å². The molecule has 1 heterocycles. The van der Waals surface area contributed by atoms with Gasteiger partial charge in [0.05, 0.1) is 12.5 Å². The van der Waals surface area contributed by atoms with Crippen molar-refractivity contribution in [2.24, 2.45) is 11.7 Å². The molecular weight excluding hydrogens is 362 g/mol. The molecule has 1 aliphatic rings. The Morgan fingerprint density at radius 1 is 1.10 bits per heavy atom. The highest BCUT2D eigenvalue weighted by Gasteiger charge is 2.32. The summed E-state index contributed by atoms with van der Waals surface area (Å²) < 4.78 is 0. The van der Waals surface area contributed by atoms with Gasteiger partial charge in [0, 0.05) is 26.2 Å². The molecule has 2 aromatic rings. The number of amides is 2.